The molecule has 3 heterocycles. The second kappa shape index (κ2) is 13.8. The number of anilines is 1. The van der Waals surface area contributed by atoms with E-state index in [0.717, 1.165) is 25.7 Å². The maximum atomic E-state index is 12.2. The second-order valence-corrected chi connectivity index (χ2v) is 10.3. The van der Waals surface area contributed by atoms with Crippen molar-refractivity contribution in [2.24, 2.45) is 23.4 Å². The Balaban J connectivity index is 0.000000274. The maximum Gasteiger partial charge on any atom is 0.222 e. The fourth-order valence-corrected chi connectivity index (χ4v) is 5.40. The summed E-state index contributed by atoms with van der Waals surface area (Å²) in [5.74, 6) is 8.29. The quantitative estimate of drug-likeness (QED) is 0.152. The van der Waals surface area contributed by atoms with Gasteiger partial charge in [0.1, 0.15) is 5.75 Å². The molecule has 0 spiro atoms. The van der Waals surface area contributed by atoms with Crippen molar-refractivity contribution in [3.63, 3.8) is 0 Å². The Bertz CT molecular complexity index is 1210. The summed E-state index contributed by atoms with van der Waals surface area (Å²) in [5, 5.41) is 1.92. The average Bonchev–Trinajstić information content (AvgIpc) is 3.37. The van der Waals surface area contributed by atoms with E-state index in [1.807, 2.05) is 4.90 Å². The Kier molecular flexibility index (Phi) is 10.5. The minimum Gasteiger partial charge on any atom is -0.494 e. The molecule has 0 radical (unpaired) electrons. The summed E-state index contributed by atoms with van der Waals surface area (Å²) in [7, 11) is 1.52. The van der Waals surface area contributed by atoms with Crippen molar-refractivity contribution in [2.75, 3.05) is 38.3 Å². The smallest absolute Gasteiger partial charge is 0.222 e. The van der Waals surface area contributed by atoms with Crippen LogP contribution in [0.4, 0.5) is 5.82 Å². The summed E-state index contributed by atoms with van der Waals surface area (Å²) >= 11 is 0. The molecule has 1 saturated heterocycles. The van der Waals surface area contributed by atoms with Gasteiger partial charge in [0, 0.05) is 58.2 Å². The number of hydrogen-bond donors (Lipinski definition) is 3. The number of methoxy groups -OCH3 is 1. The minimum absolute atomic E-state index is 0. The summed E-state index contributed by atoms with van der Waals surface area (Å²) in [6.07, 6.45) is 11.9. The molecule has 0 bridgehead atoms. The van der Waals surface area contributed by atoms with Crippen LogP contribution in [0.2, 0.25) is 0 Å². The molecule has 4 rings (SSSR count). The Hall–Kier alpha value is -3.86. The molecule has 5 N–H and O–H groups in total. The van der Waals surface area contributed by atoms with Crippen molar-refractivity contribution in [1.82, 2.24) is 19.8 Å². The number of H-pyrrole nitrogens is 1. The lowest BCUT2D eigenvalue weighted by Gasteiger charge is -2.33. The number of ketones is 1. The Morgan fingerprint density at radius 1 is 1.31 bits per heavy atom. The van der Waals surface area contributed by atoms with Crippen LogP contribution in [0.5, 0.6) is 5.75 Å². The predicted molar refractivity (Wildman–Crippen MR) is 154 cm³/mol. The molecule has 2 aliphatic rings. The Morgan fingerprint density at radius 3 is 2.62 bits per heavy atom. The molecule has 1 aliphatic heterocycles. The number of ether oxygens (including phenoxy) is 1. The number of pyridine rings is 1. The molecule has 214 valence electrons. The van der Waals surface area contributed by atoms with E-state index in [1.165, 1.54) is 49.6 Å². The molecule has 2 unspecified atom stereocenters. The second-order valence-electron chi connectivity index (χ2n) is 10.3. The highest BCUT2D eigenvalue weighted by Gasteiger charge is 2.24. The first kappa shape index (κ1) is 29.7. The molecule has 2 aromatic rings. The normalized spacial score (nSPS) is 19.5. The number of hydrazine groups is 1. The average molecular weight is 542 g/mol. The topological polar surface area (TPSA) is 151 Å². The van der Waals surface area contributed by atoms with Crippen molar-refractivity contribution in [3.05, 3.63) is 42.5 Å². The van der Waals surface area contributed by atoms with Crippen LogP contribution in [-0.4, -0.2) is 71.2 Å². The van der Waals surface area contributed by atoms with Crippen molar-refractivity contribution in [2.45, 2.75) is 46.0 Å². The van der Waals surface area contributed by atoms with E-state index in [2.05, 4.69) is 23.5 Å². The summed E-state index contributed by atoms with van der Waals surface area (Å²) in [6, 6.07) is 0. The van der Waals surface area contributed by atoms with Gasteiger partial charge in [-0.25, -0.2) is 10.8 Å². The van der Waals surface area contributed by atoms with Crippen LogP contribution in [0.3, 0.4) is 0 Å². The number of piperazine rings is 1. The third kappa shape index (κ3) is 7.60. The van der Waals surface area contributed by atoms with Gasteiger partial charge in [-0.1, -0.05) is 19.1 Å². The van der Waals surface area contributed by atoms with Gasteiger partial charge in [-0.3, -0.25) is 19.4 Å². The number of rotatable bonds is 8. The fraction of sp³-hybridized carbons (Fsp3) is 0.500. The first-order valence-electron chi connectivity index (χ1n) is 13.3. The molecule has 2 amide bonds. The number of hydrogen-bond acceptors (Lipinski definition) is 8. The van der Waals surface area contributed by atoms with Gasteiger partial charge in [-0.2, -0.15) is 0 Å². The number of fused-ring (bicyclic) bond motifs is 1. The predicted octanol–water partition coefficient (Wildman–Crippen LogP) is 3.19. The third-order valence-electron chi connectivity index (χ3n) is 7.28. The number of allylic oxidation sites excluding steroid dienone is 1. The molecule has 11 heteroatoms. The molecule has 2 atom stereocenters. The van der Waals surface area contributed by atoms with Crippen LogP contribution in [0.25, 0.3) is 10.9 Å². The molecule has 1 saturated carbocycles. The minimum atomic E-state index is -0.0698. The fourth-order valence-electron chi connectivity index (χ4n) is 5.40. The van der Waals surface area contributed by atoms with Crippen LogP contribution >= 0.6 is 0 Å². The highest BCUT2D eigenvalue weighted by Crippen LogP contribution is 2.35. The zero-order valence-electron chi connectivity index (χ0n) is 23.2. The third-order valence-corrected chi connectivity index (χ3v) is 7.28. The van der Waals surface area contributed by atoms with E-state index < -0.39 is 0 Å². The maximum absolute atomic E-state index is 12.2. The van der Waals surface area contributed by atoms with Gasteiger partial charge >= 0.3 is 0 Å². The van der Waals surface area contributed by atoms with Crippen LogP contribution in [0.1, 0.15) is 57.7 Å². The number of aromatic amines is 1. The number of nitrogens with two attached hydrogens (primary N) is 2. The largest absolute Gasteiger partial charge is 0.494 e. The lowest BCUT2D eigenvalue weighted by atomic mass is 9.78. The number of carbonyl (C=O) groups is 3. The lowest BCUT2D eigenvalue weighted by molar-refractivity contribution is -0.135. The van der Waals surface area contributed by atoms with Gasteiger partial charge in [0.15, 0.2) is 11.6 Å². The van der Waals surface area contributed by atoms with Crippen LogP contribution in [0.15, 0.2) is 36.9 Å². The molecule has 39 heavy (non-hydrogen) atoms. The molecule has 2 fully saturated rings. The summed E-state index contributed by atoms with van der Waals surface area (Å²) in [4.78, 5) is 45.3. The van der Waals surface area contributed by atoms with Crippen LogP contribution < -0.4 is 21.3 Å². The van der Waals surface area contributed by atoms with Gasteiger partial charge in [-0.05, 0) is 44.4 Å². The number of Topliss-reactive ketones (excluding diaryl/α,β-unsaturated/α-hetero) is 1. The van der Waals surface area contributed by atoms with Crippen molar-refractivity contribution in [1.29, 1.82) is 0 Å². The van der Waals surface area contributed by atoms with Gasteiger partial charge in [0.25, 0.3) is 0 Å². The zero-order chi connectivity index (χ0) is 28.5. The Morgan fingerprint density at radius 2 is 2.03 bits per heavy atom. The highest BCUT2D eigenvalue weighted by molar-refractivity contribution is 6.11. The Labute approximate surface area is 231 Å². The standard InChI is InChI=1S/C16H26N2O2.C12H15N5O2.H2/c1-13-9-14(2)11-15(10-13)3-4-16(20)18-7-5-17(12-19)6-8-18;1-7(18)8-5-15-11-10(8)9(19-2)6-16-12(11)17(14)4-3-13;/h12,14-15H,1,3-11H2,2H3;3-6,15H,13-14H2,1-2H3;1H/b;4-3-;. The zero-order valence-corrected chi connectivity index (χ0v) is 23.2. The van der Waals surface area contributed by atoms with Crippen molar-refractivity contribution >= 4 is 34.8 Å². The monoisotopic (exact) mass is 541 g/mol. The summed E-state index contributed by atoms with van der Waals surface area (Å²) in [5.41, 5.74) is 7.79. The van der Waals surface area contributed by atoms with Crippen LogP contribution in [0, 0.1) is 11.8 Å². The molecule has 11 nitrogen and oxygen atoms in total. The van der Waals surface area contributed by atoms with E-state index in [9.17, 15) is 14.4 Å². The van der Waals surface area contributed by atoms with E-state index in [1.54, 1.807) is 11.1 Å². The molecular weight excluding hydrogens is 498 g/mol. The van der Waals surface area contributed by atoms with Gasteiger partial charge in [0.2, 0.25) is 12.3 Å². The number of amides is 2. The SMILES string of the molecule is C=C1CC(C)CC(CCC(=O)N2CCN(C=O)CC2)C1.COc1cnc(N(N)/C=C\N)c2[nH]cc(C(C)=O)c12.[HH]. The molecule has 0 aromatic carbocycles. The first-order valence-corrected chi connectivity index (χ1v) is 13.3. The molecular formula is C28H43N7O4. The van der Waals surface area contributed by atoms with E-state index in [-0.39, 0.29) is 13.1 Å². The first-order chi connectivity index (χ1) is 18.7. The van der Waals surface area contributed by atoms with E-state index in [4.69, 9.17) is 16.3 Å². The lowest BCUT2D eigenvalue weighted by Crippen LogP contribution is -2.48. The van der Waals surface area contributed by atoms with Crippen LogP contribution in [-0.2, 0) is 9.59 Å². The van der Waals surface area contributed by atoms with E-state index >= 15 is 0 Å². The number of carbonyl (C=O) groups excluding carboxylic acids is 3. The van der Waals surface area contributed by atoms with E-state index in [0.29, 0.717) is 72.5 Å². The number of aromatic nitrogens is 2. The summed E-state index contributed by atoms with van der Waals surface area (Å²) in [6.45, 7) is 10.6. The number of nitrogens with zero attached hydrogens (tertiary/aromatic N) is 4. The van der Waals surface area contributed by atoms with Gasteiger partial charge < -0.3 is 25.3 Å². The van der Waals surface area contributed by atoms with Crippen molar-refractivity contribution in [3.8, 4) is 5.75 Å². The summed E-state index contributed by atoms with van der Waals surface area (Å²) < 4.78 is 5.23. The molecule has 1 aliphatic carbocycles. The number of nitrogens with one attached hydrogen (secondary N) is 1. The van der Waals surface area contributed by atoms with Crippen molar-refractivity contribution < 1.29 is 20.5 Å². The van der Waals surface area contributed by atoms with Gasteiger partial charge in [-0.15, -0.1) is 0 Å². The van der Waals surface area contributed by atoms with Gasteiger partial charge in [0.05, 0.1) is 24.2 Å². The molecule has 2 aromatic heterocycles. The highest BCUT2D eigenvalue weighted by atomic mass is 16.5.